The molecule has 2 aromatic rings. The molecule has 0 saturated carbocycles. The van der Waals surface area contributed by atoms with Crippen LogP contribution in [0, 0.1) is 13.8 Å². The van der Waals surface area contributed by atoms with E-state index in [0.29, 0.717) is 0 Å². The van der Waals surface area contributed by atoms with Crippen molar-refractivity contribution in [2.24, 2.45) is 0 Å². The number of halogens is 1. The highest BCUT2D eigenvalue weighted by atomic mass is 35.5. The first kappa shape index (κ1) is 20.8. The lowest BCUT2D eigenvalue weighted by molar-refractivity contribution is 0.0636. The van der Waals surface area contributed by atoms with E-state index in [-0.39, 0.29) is 12.4 Å². The molecule has 0 aliphatic rings. The molecule has 0 spiro atoms. The monoisotopic (exact) mass is 362 g/mol. The van der Waals surface area contributed by atoms with Crippen molar-refractivity contribution in [3.8, 4) is 0 Å². The Hall–Kier alpha value is -1.24. The number of nitrogens with one attached hydrogen (secondary N) is 1. The zero-order valence-corrected chi connectivity index (χ0v) is 15.9. The number of thiophene rings is 2. The van der Waals surface area contributed by atoms with Crippen molar-refractivity contribution in [2.75, 3.05) is 11.1 Å². The third kappa shape index (κ3) is 8.92. The van der Waals surface area contributed by atoms with E-state index in [1.54, 1.807) is 11.3 Å². The molecule has 0 aliphatic carbocycles. The van der Waals surface area contributed by atoms with E-state index in [0.717, 1.165) is 14.9 Å². The first-order valence-electron chi connectivity index (χ1n) is 6.54. The van der Waals surface area contributed by atoms with Crippen molar-refractivity contribution in [3.63, 3.8) is 0 Å². The Morgan fingerprint density at radius 2 is 1.64 bits per heavy atom. The largest absolute Gasteiger partial charge is 0.444 e. The second kappa shape index (κ2) is 9.02. The van der Waals surface area contributed by atoms with Crippen LogP contribution in [0.4, 0.5) is 14.8 Å². The maximum Gasteiger partial charge on any atom is 0.412 e. The second-order valence-corrected chi connectivity index (χ2v) is 8.09. The Kier molecular flexibility index (Phi) is 8.52. The predicted octanol–water partition coefficient (Wildman–Crippen LogP) is 5.46. The average molecular weight is 363 g/mol. The molecule has 2 heterocycles. The van der Waals surface area contributed by atoms with Gasteiger partial charge in [0.2, 0.25) is 0 Å². The summed E-state index contributed by atoms with van der Waals surface area (Å²) in [5.41, 5.74) is 4.95. The van der Waals surface area contributed by atoms with Crippen LogP contribution in [-0.4, -0.2) is 11.7 Å². The minimum Gasteiger partial charge on any atom is -0.444 e. The summed E-state index contributed by atoms with van der Waals surface area (Å²) < 4.78 is 5.11. The first-order chi connectivity index (χ1) is 9.65. The Morgan fingerprint density at radius 1 is 1.09 bits per heavy atom. The van der Waals surface area contributed by atoms with Crippen LogP contribution in [0.1, 0.15) is 30.5 Å². The van der Waals surface area contributed by atoms with Crippen molar-refractivity contribution in [1.82, 2.24) is 0 Å². The van der Waals surface area contributed by atoms with Gasteiger partial charge in [0.25, 0.3) is 0 Å². The molecule has 1 amide bonds. The summed E-state index contributed by atoms with van der Waals surface area (Å²) in [4.78, 5) is 13.7. The molecule has 0 aliphatic heterocycles. The van der Waals surface area contributed by atoms with Crippen molar-refractivity contribution in [1.29, 1.82) is 0 Å². The Balaban J connectivity index is 0.000000465. The summed E-state index contributed by atoms with van der Waals surface area (Å²) >= 11 is 3.15. The summed E-state index contributed by atoms with van der Waals surface area (Å²) in [5, 5.41) is 4.39. The summed E-state index contributed by atoms with van der Waals surface area (Å²) in [5.74, 6) is 0. The number of aryl methyl sites for hydroxylation is 2. The van der Waals surface area contributed by atoms with E-state index < -0.39 is 11.7 Å². The lowest BCUT2D eigenvalue weighted by Gasteiger charge is -2.19. The highest BCUT2D eigenvalue weighted by Gasteiger charge is 2.16. The Bertz CT molecular complexity index is 572. The van der Waals surface area contributed by atoms with E-state index >= 15 is 0 Å². The van der Waals surface area contributed by atoms with Gasteiger partial charge in [0.15, 0.2) is 0 Å². The highest BCUT2D eigenvalue weighted by Crippen LogP contribution is 2.21. The van der Waals surface area contributed by atoms with E-state index in [1.165, 1.54) is 16.2 Å². The van der Waals surface area contributed by atoms with Gasteiger partial charge in [-0.1, -0.05) is 0 Å². The van der Waals surface area contributed by atoms with Gasteiger partial charge in [0, 0.05) is 9.75 Å². The lowest BCUT2D eigenvalue weighted by Crippen LogP contribution is -2.26. The maximum absolute atomic E-state index is 11.3. The summed E-state index contributed by atoms with van der Waals surface area (Å²) in [7, 11) is 0. The molecule has 0 radical (unpaired) electrons. The van der Waals surface area contributed by atoms with E-state index in [2.05, 4.69) is 5.32 Å². The fourth-order valence-corrected chi connectivity index (χ4v) is 2.76. The molecular formula is C15H23ClN2O2S2. The standard InChI is InChI=1S/C10H15NO2S.C5H7NS.ClH/c1-7-5-6-8(14-7)11-9(12)13-10(2,3)4;1-4-2-3-5(6)7-4;/h5-6H,1-4H3,(H,11,12);2-3H,6H2,1H3;1H. The van der Waals surface area contributed by atoms with Gasteiger partial charge in [-0.25, -0.2) is 4.79 Å². The molecule has 0 atom stereocenters. The van der Waals surface area contributed by atoms with Gasteiger partial charge in [0.05, 0.1) is 10.0 Å². The van der Waals surface area contributed by atoms with Gasteiger partial charge < -0.3 is 10.5 Å². The van der Waals surface area contributed by atoms with Crippen LogP contribution < -0.4 is 11.1 Å². The van der Waals surface area contributed by atoms with Gasteiger partial charge in [-0.2, -0.15) is 0 Å². The summed E-state index contributed by atoms with van der Waals surface area (Å²) in [6.07, 6.45) is -0.403. The van der Waals surface area contributed by atoms with Crippen molar-refractivity contribution < 1.29 is 9.53 Å². The van der Waals surface area contributed by atoms with Crippen LogP contribution in [0.15, 0.2) is 24.3 Å². The van der Waals surface area contributed by atoms with Crippen molar-refractivity contribution in [2.45, 2.75) is 40.2 Å². The summed E-state index contributed by atoms with van der Waals surface area (Å²) in [6, 6.07) is 7.75. The molecule has 3 N–H and O–H groups in total. The number of hydrogen-bond donors (Lipinski definition) is 2. The lowest BCUT2D eigenvalue weighted by atomic mass is 10.2. The van der Waals surface area contributed by atoms with Crippen LogP contribution in [-0.2, 0) is 4.74 Å². The molecule has 124 valence electrons. The minimum atomic E-state index is -0.448. The Labute approximate surface area is 146 Å². The van der Waals surface area contributed by atoms with Gasteiger partial charge in [-0.05, 0) is 58.9 Å². The normalized spacial score (nSPS) is 10.0. The van der Waals surface area contributed by atoms with Gasteiger partial charge >= 0.3 is 6.09 Å². The number of nitrogens with two attached hydrogens (primary N) is 1. The number of hydrogen-bond acceptors (Lipinski definition) is 5. The zero-order chi connectivity index (χ0) is 16.0. The van der Waals surface area contributed by atoms with Crippen LogP contribution in [0.2, 0.25) is 0 Å². The Morgan fingerprint density at radius 3 is 1.95 bits per heavy atom. The summed E-state index contributed by atoms with van der Waals surface area (Å²) in [6.45, 7) is 9.55. The van der Waals surface area contributed by atoms with Crippen molar-refractivity contribution in [3.05, 3.63) is 34.0 Å². The van der Waals surface area contributed by atoms with Crippen LogP contribution >= 0.6 is 35.1 Å². The molecule has 4 nitrogen and oxygen atoms in total. The van der Waals surface area contributed by atoms with E-state index in [9.17, 15) is 4.79 Å². The molecule has 0 fully saturated rings. The predicted molar refractivity (Wildman–Crippen MR) is 99.6 cm³/mol. The third-order valence-electron chi connectivity index (χ3n) is 2.13. The van der Waals surface area contributed by atoms with Crippen LogP contribution in [0.5, 0.6) is 0 Å². The van der Waals surface area contributed by atoms with Crippen LogP contribution in [0.3, 0.4) is 0 Å². The van der Waals surface area contributed by atoms with Crippen LogP contribution in [0.25, 0.3) is 0 Å². The van der Waals surface area contributed by atoms with Gasteiger partial charge in [-0.15, -0.1) is 35.1 Å². The quantitative estimate of drug-likeness (QED) is 0.707. The van der Waals surface area contributed by atoms with E-state index in [1.807, 2.05) is 58.9 Å². The number of carbonyl (C=O) groups is 1. The SMILES string of the molecule is Cc1ccc(N)s1.Cc1ccc(NC(=O)OC(C)(C)C)s1.Cl. The third-order valence-corrected chi connectivity index (χ3v) is 3.87. The number of rotatable bonds is 1. The fourth-order valence-electron chi connectivity index (χ4n) is 1.36. The highest BCUT2D eigenvalue weighted by molar-refractivity contribution is 7.16. The van der Waals surface area contributed by atoms with E-state index in [4.69, 9.17) is 10.5 Å². The molecule has 2 aromatic heterocycles. The molecule has 7 heteroatoms. The van der Waals surface area contributed by atoms with Crippen molar-refractivity contribution >= 4 is 51.2 Å². The molecule has 22 heavy (non-hydrogen) atoms. The van der Waals surface area contributed by atoms with Gasteiger partial charge in [0.1, 0.15) is 5.60 Å². The molecule has 2 rings (SSSR count). The number of carbonyl (C=O) groups excluding carboxylic acids is 1. The maximum atomic E-state index is 11.3. The zero-order valence-electron chi connectivity index (χ0n) is 13.4. The smallest absolute Gasteiger partial charge is 0.412 e. The number of anilines is 2. The molecule has 0 unspecified atom stereocenters. The van der Waals surface area contributed by atoms with Gasteiger partial charge in [-0.3, -0.25) is 5.32 Å². The number of ether oxygens (including phenoxy) is 1. The first-order valence-corrected chi connectivity index (χ1v) is 8.17. The number of nitrogen functional groups attached to an aromatic ring is 1. The molecule has 0 saturated heterocycles. The molecular weight excluding hydrogens is 340 g/mol. The fraction of sp³-hybridized carbons (Fsp3) is 0.400. The molecule has 0 aromatic carbocycles. The number of amides is 1. The minimum absolute atomic E-state index is 0. The average Bonchev–Trinajstić information content (AvgIpc) is 2.86. The topological polar surface area (TPSA) is 64.3 Å². The molecule has 0 bridgehead atoms. The second-order valence-electron chi connectivity index (χ2n) is 5.49.